The van der Waals surface area contributed by atoms with Gasteiger partial charge >= 0.3 is 0 Å². The van der Waals surface area contributed by atoms with Crippen molar-refractivity contribution in [1.82, 2.24) is 9.78 Å². The molecule has 7 nitrogen and oxygen atoms in total. The van der Waals surface area contributed by atoms with Crippen molar-refractivity contribution in [3.8, 4) is 17.0 Å². The van der Waals surface area contributed by atoms with E-state index in [1.54, 1.807) is 54.3 Å². The van der Waals surface area contributed by atoms with Gasteiger partial charge in [0.15, 0.2) is 0 Å². The van der Waals surface area contributed by atoms with Crippen LogP contribution in [0.4, 0.5) is 11.5 Å². The minimum absolute atomic E-state index is 0.00450. The first kappa shape index (κ1) is 18.1. The fourth-order valence-electron chi connectivity index (χ4n) is 3.07. The molecule has 28 heavy (non-hydrogen) atoms. The van der Waals surface area contributed by atoms with Gasteiger partial charge < -0.3 is 15.4 Å². The van der Waals surface area contributed by atoms with Crippen molar-refractivity contribution in [1.29, 1.82) is 0 Å². The largest absolute Gasteiger partial charge is 0.497 e. The Morgan fingerprint density at radius 1 is 1.25 bits per heavy atom. The molecule has 0 saturated heterocycles. The topological polar surface area (TPSA) is 85.2 Å². The lowest BCUT2D eigenvalue weighted by Gasteiger charge is -2.23. The highest BCUT2D eigenvalue weighted by Crippen LogP contribution is 2.31. The number of hydrogen-bond donors (Lipinski definition) is 2. The third kappa shape index (κ3) is 3.57. The third-order valence-corrected chi connectivity index (χ3v) is 4.71. The lowest BCUT2D eigenvalue weighted by atomic mass is 10.1. The molecule has 1 aromatic heterocycles. The maximum atomic E-state index is 12.9. The monoisotopic (exact) mass is 396 g/mol. The van der Waals surface area contributed by atoms with Crippen molar-refractivity contribution in [2.24, 2.45) is 0 Å². The number of anilines is 2. The second-order valence-corrected chi connectivity index (χ2v) is 6.79. The summed E-state index contributed by atoms with van der Waals surface area (Å²) in [6, 6.07) is 15.2. The molecule has 8 heteroatoms. The number of methoxy groups -OCH3 is 1. The van der Waals surface area contributed by atoms with Gasteiger partial charge in [-0.15, -0.1) is 0 Å². The Balaban J connectivity index is 1.63. The molecule has 0 radical (unpaired) electrons. The molecule has 1 aliphatic heterocycles. The summed E-state index contributed by atoms with van der Waals surface area (Å²) in [6.07, 6.45) is 0.00450. The molecule has 142 valence electrons. The van der Waals surface area contributed by atoms with Crippen LogP contribution >= 0.6 is 11.6 Å². The lowest BCUT2D eigenvalue weighted by Crippen LogP contribution is -2.35. The summed E-state index contributed by atoms with van der Waals surface area (Å²) in [5.74, 6) is 0.548. The molecule has 2 aromatic carbocycles. The number of halogens is 1. The number of amides is 2. The van der Waals surface area contributed by atoms with Gasteiger partial charge in [-0.05, 0) is 24.3 Å². The Morgan fingerprint density at radius 3 is 2.79 bits per heavy atom. The SMILES string of the molecule is COc1cccc(NC(=O)[C@H]2CC(=O)Nc3cc(-c4ccc(Cl)cc4)nn32)c1. The predicted molar refractivity (Wildman–Crippen MR) is 107 cm³/mol. The fourth-order valence-corrected chi connectivity index (χ4v) is 3.20. The highest BCUT2D eigenvalue weighted by Gasteiger charge is 2.32. The second kappa shape index (κ2) is 7.36. The first-order valence-electron chi connectivity index (χ1n) is 8.64. The fraction of sp³-hybridized carbons (Fsp3) is 0.150. The highest BCUT2D eigenvalue weighted by atomic mass is 35.5. The molecule has 4 rings (SSSR count). The summed E-state index contributed by atoms with van der Waals surface area (Å²) in [5, 5.41) is 10.7. The highest BCUT2D eigenvalue weighted by molar-refractivity contribution is 6.30. The van der Waals surface area contributed by atoms with Crippen LogP contribution in [0.1, 0.15) is 12.5 Å². The minimum Gasteiger partial charge on any atom is -0.497 e. The van der Waals surface area contributed by atoms with Crippen LogP contribution < -0.4 is 15.4 Å². The number of aromatic nitrogens is 2. The summed E-state index contributed by atoms with van der Waals surface area (Å²) >= 11 is 5.94. The summed E-state index contributed by atoms with van der Waals surface area (Å²) in [6.45, 7) is 0. The molecule has 2 amide bonds. The van der Waals surface area contributed by atoms with E-state index in [2.05, 4.69) is 15.7 Å². The van der Waals surface area contributed by atoms with Crippen molar-refractivity contribution in [2.75, 3.05) is 17.7 Å². The van der Waals surface area contributed by atoms with E-state index in [-0.39, 0.29) is 18.2 Å². The van der Waals surface area contributed by atoms with Gasteiger partial charge in [0, 0.05) is 28.4 Å². The maximum absolute atomic E-state index is 12.9. The number of hydrogen-bond acceptors (Lipinski definition) is 4. The number of benzene rings is 2. The van der Waals surface area contributed by atoms with Crippen LogP contribution in [0.2, 0.25) is 5.02 Å². The Kier molecular flexibility index (Phi) is 4.75. The van der Waals surface area contributed by atoms with E-state index < -0.39 is 6.04 Å². The van der Waals surface area contributed by atoms with Crippen LogP contribution in [0, 0.1) is 0 Å². The molecule has 1 atom stereocenters. The first-order chi connectivity index (χ1) is 13.5. The van der Waals surface area contributed by atoms with Gasteiger partial charge in [0.05, 0.1) is 19.2 Å². The molecule has 0 spiro atoms. The van der Waals surface area contributed by atoms with Gasteiger partial charge in [0.25, 0.3) is 0 Å². The molecular formula is C20H17ClN4O3. The van der Waals surface area contributed by atoms with Crippen LogP contribution in [-0.2, 0) is 9.59 Å². The van der Waals surface area contributed by atoms with Crippen LogP contribution in [0.5, 0.6) is 5.75 Å². The first-order valence-corrected chi connectivity index (χ1v) is 9.01. The average molecular weight is 397 g/mol. The van der Waals surface area contributed by atoms with Crippen LogP contribution in [-0.4, -0.2) is 28.7 Å². The average Bonchev–Trinajstić information content (AvgIpc) is 3.11. The Morgan fingerprint density at radius 2 is 2.04 bits per heavy atom. The zero-order valence-electron chi connectivity index (χ0n) is 15.0. The van der Waals surface area contributed by atoms with Gasteiger partial charge in [0.2, 0.25) is 11.8 Å². The molecule has 0 saturated carbocycles. The second-order valence-electron chi connectivity index (χ2n) is 6.36. The number of fused-ring (bicyclic) bond motifs is 1. The van der Waals surface area contributed by atoms with Gasteiger partial charge in [0.1, 0.15) is 17.6 Å². The number of carbonyl (C=O) groups is 2. The summed E-state index contributed by atoms with van der Waals surface area (Å²) < 4.78 is 6.72. The molecule has 0 bridgehead atoms. The number of carbonyl (C=O) groups excluding carboxylic acids is 2. The van der Waals surface area contributed by atoms with Crippen molar-refractivity contribution in [3.63, 3.8) is 0 Å². The molecule has 2 heterocycles. The zero-order valence-corrected chi connectivity index (χ0v) is 15.7. The summed E-state index contributed by atoms with van der Waals surface area (Å²) in [4.78, 5) is 25.0. The third-order valence-electron chi connectivity index (χ3n) is 4.46. The van der Waals surface area contributed by atoms with E-state index >= 15 is 0 Å². The number of nitrogens with zero attached hydrogens (tertiary/aromatic N) is 2. The Labute approximate surface area is 166 Å². The van der Waals surface area contributed by atoms with Gasteiger partial charge in [-0.2, -0.15) is 5.10 Å². The smallest absolute Gasteiger partial charge is 0.249 e. The molecule has 3 aromatic rings. The Bertz CT molecular complexity index is 1050. The van der Waals surface area contributed by atoms with E-state index in [1.165, 1.54) is 0 Å². The molecule has 1 aliphatic rings. The predicted octanol–water partition coefficient (Wildman–Crippen LogP) is 3.73. The van der Waals surface area contributed by atoms with Gasteiger partial charge in [-0.25, -0.2) is 4.68 Å². The summed E-state index contributed by atoms with van der Waals surface area (Å²) in [7, 11) is 1.56. The van der Waals surface area contributed by atoms with Gasteiger partial charge in [-0.3, -0.25) is 9.59 Å². The minimum atomic E-state index is -0.754. The van der Waals surface area contributed by atoms with Gasteiger partial charge in [-0.1, -0.05) is 29.8 Å². The van der Waals surface area contributed by atoms with Crippen molar-refractivity contribution >= 4 is 34.9 Å². The normalized spacial score (nSPS) is 15.5. The van der Waals surface area contributed by atoms with E-state index in [4.69, 9.17) is 16.3 Å². The quantitative estimate of drug-likeness (QED) is 0.703. The Hall–Kier alpha value is -3.32. The zero-order chi connectivity index (χ0) is 19.7. The van der Waals surface area contributed by atoms with E-state index in [0.29, 0.717) is 28.0 Å². The van der Waals surface area contributed by atoms with Crippen molar-refractivity contribution in [2.45, 2.75) is 12.5 Å². The van der Waals surface area contributed by atoms with E-state index in [1.807, 2.05) is 12.1 Å². The lowest BCUT2D eigenvalue weighted by molar-refractivity contribution is -0.125. The molecule has 0 fully saturated rings. The van der Waals surface area contributed by atoms with Crippen molar-refractivity contribution < 1.29 is 14.3 Å². The van der Waals surface area contributed by atoms with Crippen LogP contribution in [0.25, 0.3) is 11.3 Å². The molecule has 0 unspecified atom stereocenters. The maximum Gasteiger partial charge on any atom is 0.249 e. The van der Waals surface area contributed by atoms with Crippen LogP contribution in [0.3, 0.4) is 0 Å². The van der Waals surface area contributed by atoms with Crippen LogP contribution in [0.15, 0.2) is 54.6 Å². The molecular weight excluding hydrogens is 380 g/mol. The standard InChI is InChI=1S/C20H17ClN4O3/c1-28-15-4-2-3-14(9-15)22-20(27)17-11-19(26)23-18-10-16(24-25(17)18)12-5-7-13(21)8-6-12/h2-10,17H,11H2,1H3,(H,22,27)(H,23,26)/t17-/m1/s1. The number of rotatable bonds is 4. The van der Waals surface area contributed by atoms with E-state index in [0.717, 1.165) is 5.56 Å². The molecule has 2 N–H and O–H groups in total. The summed E-state index contributed by atoms with van der Waals surface area (Å²) in [5.41, 5.74) is 2.07. The number of nitrogens with one attached hydrogen (secondary N) is 2. The number of ether oxygens (including phenoxy) is 1. The van der Waals surface area contributed by atoms with E-state index in [9.17, 15) is 9.59 Å². The molecule has 0 aliphatic carbocycles. The van der Waals surface area contributed by atoms with Crippen molar-refractivity contribution in [3.05, 3.63) is 59.6 Å².